The van der Waals surface area contributed by atoms with E-state index in [2.05, 4.69) is 4.72 Å². The van der Waals surface area contributed by atoms with E-state index in [4.69, 9.17) is 11.6 Å². The zero-order chi connectivity index (χ0) is 12.8. The van der Waals surface area contributed by atoms with Crippen molar-refractivity contribution < 1.29 is 13.5 Å². The van der Waals surface area contributed by atoms with Crippen molar-refractivity contribution in [3.05, 3.63) is 16.5 Å². The van der Waals surface area contributed by atoms with Crippen molar-refractivity contribution >= 4 is 33.0 Å². The largest absolute Gasteiger partial charge is 0.392 e. The molecule has 1 aromatic rings. The van der Waals surface area contributed by atoms with E-state index in [1.807, 2.05) is 13.8 Å². The Balaban J connectivity index is 2.15. The molecule has 2 unspecified atom stereocenters. The molecule has 2 atom stereocenters. The molecule has 0 saturated heterocycles. The summed E-state index contributed by atoms with van der Waals surface area (Å²) in [5.41, 5.74) is -0.422. The molecule has 1 fully saturated rings. The smallest absolute Gasteiger partial charge is 0.250 e. The van der Waals surface area contributed by atoms with E-state index in [0.29, 0.717) is 10.8 Å². The molecular weight excluding hydrogens is 282 g/mol. The Kier molecular flexibility index (Phi) is 3.29. The van der Waals surface area contributed by atoms with Gasteiger partial charge in [0.05, 0.1) is 10.4 Å². The van der Waals surface area contributed by atoms with Crippen LogP contribution in [-0.2, 0) is 10.0 Å². The van der Waals surface area contributed by atoms with Crippen molar-refractivity contribution in [3.63, 3.8) is 0 Å². The lowest BCUT2D eigenvalue weighted by Crippen LogP contribution is -2.60. The van der Waals surface area contributed by atoms with E-state index in [9.17, 15) is 13.5 Å². The Morgan fingerprint density at radius 2 is 2.18 bits per heavy atom. The van der Waals surface area contributed by atoms with Crippen LogP contribution in [0.5, 0.6) is 0 Å². The third kappa shape index (κ3) is 2.37. The minimum atomic E-state index is -3.52. The first-order valence-corrected chi connectivity index (χ1v) is 7.87. The number of sulfonamides is 1. The van der Waals surface area contributed by atoms with Crippen LogP contribution in [0.4, 0.5) is 0 Å². The van der Waals surface area contributed by atoms with Gasteiger partial charge in [-0.05, 0) is 18.6 Å². The van der Waals surface area contributed by atoms with Crippen molar-refractivity contribution in [1.29, 1.82) is 0 Å². The molecule has 7 heteroatoms. The third-order valence-corrected chi connectivity index (χ3v) is 6.52. The molecule has 0 radical (unpaired) electrons. The summed E-state index contributed by atoms with van der Waals surface area (Å²) in [7, 11) is -3.52. The number of hydrogen-bond donors (Lipinski definition) is 2. The Hall–Kier alpha value is -0.140. The highest BCUT2D eigenvalue weighted by molar-refractivity contribution is 7.91. The molecule has 4 nitrogen and oxygen atoms in total. The Labute approximate surface area is 110 Å². The van der Waals surface area contributed by atoms with E-state index in [0.717, 1.165) is 11.3 Å². The maximum absolute atomic E-state index is 12.0. The van der Waals surface area contributed by atoms with Gasteiger partial charge in [0.2, 0.25) is 10.0 Å². The molecule has 1 saturated carbocycles. The number of nitrogens with one attached hydrogen (secondary N) is 1. The van der Waals surface area contributed by atoms with Crippen molar-refractivity contribution in [2.75, 3.05) is 0 Å². The summed E-state index contributed by atoms with van der Waals surface area (Å²) < 4.78 is 27.3. The molecule has 0 aliphatic heterocycles. The zero-order valence-electron chi connectivity index (χ0n) is 9.47. The van der Waals surface area contributed by atoms with Crippen LogP contribution in [0.1, 0.15) is 20.3 Å². The average Bonchev–Trinajstić information content (AvgIpc) is 2.65. The van der Waals surface area contributed by atoms with Crippen molar-refractivity contribution in [1.82, 2.24) is 4.72 Å². The summed E-state index contributed by atoms with van der Waals surface area (Å²) in [6.07, 6.45) is -0.00663. The highest BCUT2D eigenvalue weighted by Gasteiger charge is 2.49. The predicted octanol–water partition coefficient (Wildman–Crippen LogP) is 1.84. The Bertz CT molecular complexity index is 523. The molecule has 0 amide bonds. The molecule has 96 valence electrons. The lowest BCUT2D eigenvalue weighted by molar-refractivity contribution is -0.0645. The van der Waals surface area contributed by atoms with E-state index < -0.39 is 21.5 Å². The molecule has 1 heterocycles. The normalized spacial score (nSPS) is 27.8. The maximum atomic E-state index is 12.0. The van der Waals surface area contributed by atoms with Gasteiger partial charge in [-0.3, -0.25) is 0 Å². The van der Waals surface area contributed by atoms with Crippen LogP contribution < -0.4 is 4.72 Å². The molecule has 0 spiro atoms. The van der Waals surface area contributed by atoms with Crippen LogP contribution in [0.2, 0.25) is 4.34 Å². The SMILES string of the molecule is CC1(C)C(O)CC1NS(=O)(=O)c1ccc(Cl)s1. The molecule has 2 rings (SSSR count). The van der Waals surface area contributed by atoms with E-state index in [1.54, 1.807) is 6.07 Å². The second-order valence-corrected chi connectivity index (χ2v) is 8.46. The van der Waals surface area contributed by atoms with E-state index >= 15 is 0 Å². The number of aliphatic hydroxyl groups is 1. The number of thiophene rings is 1. The fraction of sp³-hybridized carbons (Fsp3) is 0.600. The minimum absolute atomic E-state index is 0.208. The van der Waals surface area contributed by atoms with Gasteiger partial charge in [-0.1, -0.05) is 25.4 Å². The monoisotopic (exact) mass is 295 g/mol. The summed E-state index contributed by atoms with van der Waals surface area (Å²) in [4.78, 5) is 0. The number of halogens is 1. The van der Waals surface area contributed by atoms with Crippen LogP contribution in [-0.4, -0.2) is 25.7 Å². The van der Waals surface area contributed by atoms with Gasteiger partial charge in [-0.15, -0.1) is 11.3 Å². The Morgan fingerprint density at radius 1 is 1.53 bits per heavy atom. The molecule has 0 bridgehead atoms. The van der Waals surface area contributed by atoms with Crippen LogP contribution >= 0.6 is 22.9 Å². The lowest BCUT2D eigenvalue weighted by Gasteiger charge is -2.49. The highest BCUT2D eigenvalue weighted by Crippen LogP contribution is 2.41. The second kappa shape index (κ2) is 4.20. The first-order valence-electron chi connectivity index (χ1n) is 5.19. The van der Waals surface area contributed by atoms with Gasteiger partial charge in [-0.25, -0.2) is 13.1 Å². The molecular formula is C10H14ClNO3S2. The Morgan fingerprint density at radius 3 is 2.59 bits per heavy atom. The fourth-order valence-electron chi connectivity index (χ4n) is 1.79. The number of rotatable bonds is 3. The van der Waals surface area contributed by atoms with Crippen molar-refractivity contribution in [2.24, 2.45) is 5.41 Å². The molecule has 1 aromatic heterocycles. The van der Waals surface area contributed by atoms with E-state index in [-0.39, 0.29) is 10.3 Å². The van der Waals surface area contributed by atoms with Crippen LogP contribution in [0, 0.1) is 5.41 Å². The first kappa shape index (κ1) is 13.3. The minimum Gasteiger partial charge on any atom is -0.392 e. The van der Waals surface area contributed by atoms with Crippen LogP contribution in [0.15, 0.2) is 16.3 Å². The van der Waals surface area contributed by atoms with Gasteiger partial charge in [0.1, 0.15) is 4.21 Å². The van der Waals surface area contributed by atoms with Gasteiger partial charge < -0.3 is 5.11 Å². The van der Waals surface area contributed by atoms with E-state index in [1.165, 1.54) is 6.07 Å². The van der Waals surface area contributed by atoms with Crippen LogP contribution in [0.25, 0.3) is 0 Å². The lowest BCUT2D eigenvalue weighted by atomic mass is 9.65. The van der Waals surface area contributed by atoms with Gasteiger partial charge in [0, 0.05) is 11.5 Å². The molecule has 1 aliphatic rings. The summed E-state index contributed by atoms with van der Waals surface area (Å²) in [5.74, 6) is 0. The van der Waals surface area contributed by atoms with Crippen molar-refractivity contribution in [3.8, 4) is 0 Å². The zero-order valence-corrected chi connectivity index (χ0v) is 11.9. The molecule has 2 N–H and O–H groups in total. The molecule has 1 aliphatic carbocycles. The van der Waals surface area contributed by atoms with Crippen LogP contribution in [0.3, 0.4) is 0 Å². The highest BCUT2D eigenvalue weighted by atomic mass is 35.5. The fourth-order valence-corrected chi connectivity index (χ4v) is 4.69. The molecule has 0 aromatic carbocycles. The third-order valence-electron chi connectivity index (χ3n) is 3.33. The second-order valence-electron chi connectivity index (χ2n) is 4.81. The summed E-state index contributed by atoms with van der Waals surface area (Å²) in [6.45, 7) is 3.69. The quantitative estimate of drug-likeness (QED) is 0.894. The standard InChI is InChI=1S/C10H14ClNO3S2/c1-10(2)6(5-7(10)13)12-17(14,15)9-4-3-8(11)16-9/h3-4,6-7,12-13H,5H2,1-2H3. The number of hydrogen-bond acceptors (Lipinski definition) is 4. The topological polar surface area (TPSA) is 66.4 Å². The average molecular weight is 296 g/mol. The van der Waals surface area contributed by atoms with Crippen molar-refractivity contribution in [2.45, 2.75) is 36.6 Å². The summed E-state index contributed by atoms with van der Waals surface area (Å²) >= 11 is 6.74. The van der Waals surface area contributed by atoms with Gasteiger partial charge in [0.25, 0.3) is 0 Å². The summed E-state index contributed by atoms with van der Waals surface area (Å²) in [5, 5.41) is 9.56. The summed E-state index contributed by atoms with van der Waals surface area (Å²) in [6, 6.07) is 2.81. The molecule has 17 heavy (non-hydrogen) atoms. The first-order chi connectivity index (χ1) is 7.73. The predicted molar refractivity (Wildman–Crippen MR) is 67.8 cm³/mol. The maximum Gasteiger partial charge on any atom is 0.250 e. The number of aliphatic hydroxyl groups excluding tert-OH is 1. The van der Waals surface area contributed by atoms with Gasteiger partial charge in [-0.2, -0.15) is 0 Å². The van der Waals surface area contributed by atoms with Gasteiger partial charge >= 0.3 is 0 Å². The van der Waals surface area contributed by atoms with Gasteiger partial charge in [0.15, 0.2) is 0 Å².